The first-order chi connectivity index (χ1) is 13.1. The topological polar surface area (TPSA) is 79.2 Å². The first-order valence-electron chi connectivity index (χ1n) is 8.75. The van der Waals surface area contributed by atoms with E-state index < -0.39 is 0 Å². The standard InChI is InChI=1S/C18H20ClN7O/c1-24-17-15(10-22-24)18(21-12-20-17)26-8-6-25(7-9-26)11-16(27)23-14-4-2-13(19)3-5-14/h2-5,10,12H,6-9,11H2,1H3,(H,23,27). The molecule has 1 aliphatic heterocycles. The third kappa shape index (κ3) is 3.86. The van der Waals surface area contributed by atoms with Crippen LogP contribution in [-0.4, -0.2) is 63.3 Å². The fraction of sp³-hybridized carbons (Fsp3) is 0.333. The minimum Gasteiger partial charge on any atom is -0.353 e. The molecule has 1 aliphatic rings. The van der Waals surface area contributed by atoms with Crippen LogP contribution < -0.4 is 10.2 Å². The van der Waals surface area contributed by atoms with E-state index in [4.69, 9.17) is 11.6 Å². The Balaban J connectivity index is 1.34. The molecule has 0 bridgehead atoms. The van der Waals surface area contributed by atoms with Gasteiger partial charge in [-0.05, 0) is 24.3 Å². The number of carbonyl (C=O) groups excluding carboxylic acids is 1. The molecule has 1 saturated heterocycles. The quantitative estimate of drug-likeness (QED) is 0.737. The highest BCUT2D eigenvalue weighted by molar-refractivity contribution is 6.30. The number of hydrogen-bond acceptors (Lipinski definition) is 6. The maximum absolute atomic E-state index is 12.3. The number of aromatic nitrogens is 4. The number of fused-ring (bicyclic) bond motifs is 1. The molecule has 0 saturated carbocycles. The molecule has 0 aliphatic carbocycles. The summed E-state index contributed by atoms with van der Waals surface area (Å²) >= 11 is 5.87. The van der Waals surface area contributed by atoms with Gasteiger partial charge in [-0.3, -0.25) is 14.4 Å². The molecular formula is C18H20ClN7O. The van der Waals surface area contributed by atoms with Gasteiger partial charge in [0.2, 0.25) is 5.91 Å². The molecule has 2 aromatic heterocycles. The summed E-state index contributed by atoms with van der Waals surface area (Å²) in [7, 11) is 1.87. The molecule has 9 heteroatoms. The number of nitrogens with one attached hydrogen (secondary N) is 1. The number of rotatable bonds is 4. The van der Waals surface area contributed by atoms with Crippen LogP contribution in [0.4, 0.5) is 11.5 Å². The summed E-state index contributed by atoms with van der Waals surface area (Å²) in [5.74, 6) is 0.876. The van der Waals surface area contributed by atoms with E-state index in [9.17, 15) is 4.79 Å². The largest absolute Gasteiger partial charge is 0.353 e. The Kier molecular flexibility index (Phi) is 4.91. The lowest BCUT2D eigenvalue weighted by Crippen LogP contribution is -2.49. The molecular weight excluding hydrogens is 366 g/mol. The van der Waals surface area contributed by atoms with Crippen LogP contribution in [0.15, 0.2) is 36.8 Å². The molecule has 27 heavy (non-hydrogen) atoms. The van der Waals surface area contributed by atoms with E-state index in [1.54, 1.807) is 41.5 Å². The maximum atomic E-state index is 12.3. The van der Waals surface area contributed by atoms with Crippen molar-refractivity contribution in [3.63, 3.8) is 0 Å². The van der Waals surface area contributed by atoms with Crippen molar-refractivity contribution in [2.75, 3.05) is 42.9 Å². The molecule has 3 aromatic rings. The molecule has 0 unspecified atom stereocenters. The number of benzene rings is 1. The van der Waals surface area contributed by atoms with Crippen molar-refractivity contribution in [3.8, 4) is 0 Å². The van der Waals surface area contributed by atoms with E-state index >= 15 is 0 Å². The number of aryl methyl sites for hydroxylation is 1. The smallest absolute Gasteiger partial charge is 0.238 e. The summed E-state index contributed by atoms with van der Waals surface area (Å²) in [5, 5.41) is 8.77. The Bertz CT molecular complexity index is 948. The average Bonchev–Trinajstić information content (AvgIpc) is 3.06. The van der Waals surface area contributed by atoms with Gasteiger partial charge < -0.3 is 10.2 Å². The normalized spacial score (nSPS) is 15.3. The third-order valence-corrected chi connectivity index (χ3v) is 4.93. The monoisotopic (exact) mass is 385 g/mol. The second-order valence-electron chi connectivity index (χ2n) is 6.52. The lowest BCUT2D eigenvalue weighted by atomic mass is 10.2. The molecule has 0 atom stereocenters. The lowest BCUT2D eigenvalue weighted by Gasteiger charge is -2.35. The van der Waals surface area contributed by atoms with Crippen LogP contribution in [-0.2, 0) is 11.8 Å². The van der Waals surface area contributed by atoms with Gasteiger partial charge in [0.05, 0.1) is 18.1 Å². The Morgan fingerprint density at radius 3 is 2.63 bits per heavy atom. The van der Waals surface area contributed by atoms with Gasteiger partial charge in [0.25, 0.3) is 0 Å². The van der Waals surface area contributed by atoms with Crippen molar-refractivity contribution in [1.29, 1.82) is 0 Å². The number of halogens is 1. The number of hydrogen-bond donors (Lipinski definition) is 1. The summed E-state index contributed by atoms with van der Waals surface area (Å²) in [4.78, 5) is 25.4. The summed E-state index contributed by atoms with van der Waals surface area (Å²) < 4.78 is 1.75. The minimum atomic E-state index is -0.0255. The molecule has 1 amide bonds. The first-order valence-corrected chi connectivity index (χ1v) is 9.13. The van der Waals surface area contributed by atoms with Crippen molar-refractivity contribution in [3.05, 3.63) is 41.8 Å². The zero-order valence-electron chi connectivity index (χ0n) is 15.0. The van der Waals surface area contributed by atoms with Crippen LogP contribution in [0.5, 0.6) is 0 Å². The minimum absolute atomic E-state index is 0.0255. The molecule has 1 N–H and O–H groups in total. The van der Waals surface area contributed by atoms with E-state index in [1.807, 2.05) is 7.05 Å². The van der Waals surface area contributed by atoms with Crippen molar-refractivity contribution in [2.45, 2.75) is 0 Å². The van der Waals surface area contributed by atoms with Crippen LogP contribution in [0.3, 0.4) is 0 Å². The lowest BCUT2D eigenvalue weighted by molar-refractivity contribution is -0.117. The van der Waals surface area contributed by atoms with E-state index in [2.05, 4.69) is 30.2 Å². The first kappa shape index (κ1) is 17.7. The Labute approximate surface area is 161 Å². The number of nitrogens with zero attached hydrogens (tertiary/aromatic N) is 6. The number of piperazine rings is 1. The Morgan fingerprint density at radius 1 is 1.15 bits per heavy atom. The van der Waals surface area contributed by atoms with Gasteiger partial charge in [-0.25, -0.2) is 9.97 Å². The van der Waals surface area contributed by atoms with Crippen molar-refractivity contribution < 1.29 is 4.79 Å². The second kappa shape index (κ2) is 7.50. The van der Waals surface area contributed by atoms with E-state index in [0.29, 0.717) is 11.6 Å². The SMILES string of the molecule is Cn1ncc2c(N3CCN(CC(=O)Nc4ccc(Cl)cc4)CC3)ncnc21. The molecule has 140 valence electrons. The van der Waals surface area contributed by atoms with Crippen molar-refractivity contribution in [2.24, 2.45) is 7.05 Å². The van der Waals surface area contributed by atoms with Gasteiger partial charge in [-0.15, -0.1) is 0 Å². The zero-order valence-corrected chi connectivity index (χ0v) is 15.7. The van der Waals surface area contributed by atoms with E-state index in [1.165, 1.54) is 0 Å². The highest BCUT2D eigenvalue weighted by Crippen LogP contribution is 2.23. The number of anilines is 2. The predicted octanol–water partition coefficient (Wildman–Crippen LogP) is 1.78. The number of amides is 1. The molecule has 1 aromatic carbocycles. The summed E-state index contributed by atoms with van der Waals surface area (Å²) in [6.45, 7) is 3.55. The molecule has 8 nitrogen and oxygen atoms in total. The van der Waals surface area contributed by atoms with Gasteiger partial charge in [0.1, 0.15) is 12.1 Å². The summed E-state index contributed by atoms with van der Waals surface area (Å²) in [6.07, 6.45) is 3.38. The fourth-order valence-electron chi connectivity index (χ4n) is 3.26. The van der Waals surface area contributed by atoms with Gasteiger partial charge in [0, 0.05) is 43.9 Å². The van der Waals surface area contributed by atoms with E-state index in [-0.39, 0.29) is 5.91 Å². The highest BCUT2D eigenvalue weighted by Gasteiger charge is 2.22. The molecule has 0 spiro atoms. The van der Waals surface area contributed by atoms with Crippen LogP contribution in [0.2, 0.25) is 5.02 Å². The van der Waals surface area contributed by atoms with Gasteiger partial charge >= 0.3 is 0 Å². The summed E-state index contributed by atoms with van der Waals surface area (Å²) in [6, 6.07) is 7.12. The van der Waals surface area contributed by atoms with Gasteiger partial charge in [-0.2, -0.15) is 5.10 Å². The van der Waals surface area contributed by atoms with Crippen molar-refractivity contribution >= 4 is 40.0 Å². The van der Waals surface area contributed by atoms with Gasteiger partial charge in [0.15, 0.2) is 5.65 Å². The van der Waals surface area contributed by atoms with Crippen LogP contribution in [0.25, 0.3) is 11.0 Å². The zero-order chi connectivity index (χ0) is 18.8. The molecule has 4 rings (SSSR count). The highest BCUT2D eigenvalue weighted by atomic mass is 35.5. The Morgan fingerprint density at radius 2 is 1.89 bits per heavy atom. The molecule has 3 heterocycles. The van der Waals surface area contributed by atoms with Crippen LogP contribution in [0, 0.1) is 0 Å². The van der Waals surface area contributed by atoms with Gasteiger partial charge in [-0.1, -0.05) is 11.6 Å². The Hall–Kier alpha value is -2.71. The average molecular weight is 386 g/mol. The third-order valence-electron chi connectivity index (χ3n) is 4.68. The van der Waals surface area contributed by atoms with Crippen molar-refractivity contribution in [1.82, 2.24) is 24.6 Å². The van der Waals surface area contributed by atoms with E-state index in [0.717, 1.165) is 48.7 Å². The molecule has 1 fully saturated rings. The van der Waals surface area contributed by atoms with Crippen LogP contribution in [0.1, 0.15) is 0 Å². The predicted molar refractivity (Wildman–Crippen MR) is 105 cm³/mol. The fourth-order valence-corrected chi connectivity index (χ4v) is 3.38. The van der Waals surface area contributed by atoms with Crippen LogP contribution >= 0.6 is 11.6 Å². The molecule has 0 radical (unpaired) electrons. The maximum Gasteiger partial charge on any atom is 0.238 e. The second-order valence-corrected chi connectivity index (χ2v) is 6.96. The summed E-state index contributed by atoms with van der Waals surface area (Å²) in [5.41, 5.74) is 1.58. The number of carbonyl (C=O) groups is 1.